The second-order valence-corrected chi connectivity index (χ2v) is 2.36. The average Bonchev–Trinajstić information content (AvgIpc) is 1.98. The van der Waals surface area contributed by atoms with Crippen LogP contribution in [0, 0.1) is 0 Å². The summed E-state index contributed by atoms with van der Waals surface area (Å²) in [7, 11) is 0. The van der Waals surface area contributed by atoms with Crippen LogP contribution in [-0.2, 0) is 6.42 Å². The Balaban J connectivity index is 2.92. The van der Waals surface area contributed by atoms with E-state index >= 15 is 0 Å². The van der Waals surface area contributed by atoms with Crippen LogP contribution in [0.4, 0.5) is 20.3 Å². The molecule has 66 valence electrons. The normalized spacial score (nSPS) is 10.6. The van der Waals surface area contributed by atoms with Gasteiger partial charge in [0, 0.05) is 12.6 Å². The van der Waals surface area contributed by atoms with Gasteiger partial charge in [0.1, 0.15) is 5.82 Å². The molecular formula is C7H9F2N3. The Morgan fingerprint density at radius 2 is 2.08 bits per heavy atom. The molecule has 1 aromatic rings. The molecule has 0 aliphatic rings. The van der Waals surface area contributed by atoms with Gasteiger partial charge in [-0.25, -0.2) is 13.8 Å². The summed E-state index contributed by atoms with van der Waals surface area (Å²) in [6, 6.07) is 1.44. The van der Waals surface area contributed by atoms with E-state index in [0.29, 0.717) is 5.56 Å². The molecule has 1 heterocycles. The third-order valence-electron chi connectivity index (χ3n) is 1.49. The van der Waals surface area contributed by atoms with Gasteiger partial charge in [0.2, 0.25) is 6.43 Å². The first-order valence-electron chi connectivity index (χ1n) is 3.38. The van der Waals surface area contributed by atoms with E-state index in [2.05, 4.69) is 4.98 Å². The molecule has 4 N–H and O–H groups in total. The van der Waals surface area contributed by atoms with Crippen molar-refractivity contribution < 1.29 is 8.78 Å². The van der Waals surface area contributed by atoms with Crippen molar-refractivity contribution in [3.63, 3.8) is 0 Å². The number of nitrogen functional groups attached to an aromatic ring is 2. The van der Waals surface area contributed by atoms with Crippen molar-refractivity contribution in [3.05, 3.63) is 17.8 Å². The van der Waals surface area contributed by atoms with Gasteiger partial charge in [-0.3, -0.25) is 0 Å². The number of hydrogen-bond acceptors (Lipinski definition) is 3. The molecule has 0 saturated heterocycles. The number of aromatic nitrogens is 1. The SMILES string of the molecule is Nc1nccc(CC(F)F)c1N. The van der Waals surface area contributed by atoms with Crippen molar-refractivity contribution >= 4 is 11.5 Å². The smallest absolute Gasteiger partial charge is 0.242 e. The topological polar surface area (TPSA) is 64.9 Å². The number of anilines is 2. The fraction of sp³-hybridized carbons (Fsp3) is 0.286. The van der Waals surface area contributed by atoms with E-state index in [4.69, 9.17) is 11.5 Å². The second kappa shape index (κ2) is 3.34. The Kier molecular flexibility index (Phi) is 2.42. The summed E-state index contributed by atoms with van der Waals surface area (Å²) in [4.78, 5) is 3.65. The predicted molar refractivity (Wildman–Crippen MR) is 42.8 cm³/mol. The van der Waals surface area contributed by atoms with Crippen LogP contribution in [0.1, 0.15) is 5.56 Å². The summed E-state index contributed by atoms with van der Waals surface area (Å²) in [5.74, 6) is 0.105. The molecule has 0 bridgehead atoms. The Hall–Kier alpha value is -1.39. The summed E-state index contributed by atoms with van der Waals surface area (Å²) in [6.07, 6.45) is -1.42. The van der Waals surface area contributed by atoms with Gasteiger partial charge in [-0.05, 0) is 11.6 Å². The highest BCUT2D eigenvalue weighted by Gasteiger charge is 2.09. The van der Waals surface area contributed by atoms with Gasteiger partial charge in [0.15, 0.2) is 0 Å². The maximum Gasteiger partial charge on any atom is 0.242 e. The molecule has 0 aromatic carbocycles. The average molecular weight is 173 g/mol. The standard InChI is InChI=1S/C7H9F2N3/c8-5(9)3-4-1-2-12-7(11)6(4)10/h1-2,5H,3,10H2,(H2,11,12). The van der Waals surface area contributed by atoms with Crippen LogP contribution in [0.15, 0.2) is 12.3 Å². The highest BCUT2D eigenvalue weighted by atomic mass is 19.3. The fourth-order valence-corrected chi connectivity index (χ4v) is 0.876. The van der Waals surface area contributed by atoms with E-state index in [1.165, 1.54) is 12.3 Å². The van der Waals surface area contributed by atoms with Crippen LogP contribution in [-0.4, -0.2) is 11.4 Å². The number of rotatable bonds is 2. The first-order chi connectivity index (χ1) is 5.61. The van der Waals surface area contributed by atoms with Crippen molar-refractivity contribution in [1.29, 1.82) is 0 Å². The van der Waals surface area contributed by atoms with Gasteiger partial charge in [-0.1, -0.05) is 0 Å². The lowest BCUT2D eigenvalue weighted by Gasteiger charge is -2.05. The number of alkyl halides is 2. The molecule has 0 atom stereocenters. The molecule has 12 heavy (non-hydrogen) atoms. The minimum atomic E-state index is -2.41. The highest BCUT2D eigenvalue weighted by Crippen LogP contribution is 2.19. The predicted octanol–water partition coefficient (Wildman–Crippen LogP) is 1.05. The van der Waals surface area contributed by atoms with Gasteiger partial charge >= 0.3 is 0 Å². The van der Waals surface area contributed by atoms with Crippen LogP contribution < -0.4 is 11.5 Å². The van der Waals surface area contributed by atoms with Crippen LogP contribution in [0.5, 0.6) is 0 Å². The first kappa shape index (κ1) is 8.70. The van der Waals surface area contributed by atoms with E-state index in [1.807, 2.05) is 0 Å². The largest absolute Gasteiger partial charge is 0.396 e. The van der Waals surface area contributed by atoms with E-state index in [0.717, 1.165) is 0 Å². The van der Waals surface area contributed by atoms with Gasteiger partial charge in [-0.2, -0.15) is 0 Å². The van der Waals surface area contributed by atoms with Crippen molar-refractivity contribution in [2.75, 3.05) is 11.5 Å². The molecule has 0 radical (unpaired) electrons. The van der Waals surface area contributed by atoms with Gasteiger partial charge in [0.05, 0.1) is 5.69 Å². The number of nitrogens with zero attached hydrogens (tertiary/aromatic N) is 1. The number of pyridine rings is 1. The fourth-order valence-electron chi connectivity index (χ4n) is 0.876. The second-order valence-electron chi connectivity index (χ2n) is 2.36. The molecule has 5 heteroatoms. The van der Waals surface area contributed by atoms with E-state index in [1.54, 1.807) is 0 Å². The number of hydrogen-bond donors (Lipinski definition) is 2. The zero-order chi connectivity index (χ0) is 9.14. The minimum absolute atomic E-state index is 0.105. The van der Waals surface area contributed by atoms with Crippen LogP contribution in [0.2, 0.25) is 0 Å². The molecular weight excluding hydrogens is 164 g/mol. The van der Waals surface area contributed by atoms with Crippen LogP contribution >= 0.6 is 0 Å². The zero-order valence-corrected chi connectivity index (χ0v) is 6.30. The highest BCUT2D eigenvalue weighted by molar-refractivity contribution is 5.62. The molecule has 0 amide bonds. The molecule has 0 fully saturated rings. The van der Waals surface area contributed by atoms with Crippen molar-refractivity contribution in [3.8, 4) is 0 Å². The summed E-state index contributed by atoms with van der Waals surface area (Å²) in [6.45, 7) is 0. The van der Waals surface area contributed by atoms with Gasteiger partial charge in [-0.15, -0.1) is 0 Å². The summed E-state index contributed by atoms with van der Waals surface area (Å²) < 4.78 is 23.8. The molecule has 3 nitrogen and oxygen atoms in total. The third kappa shape index (κ3) is 1.81. The maximum absolute atomic E-state index is 11.9. The van der Waals surface area contributed by atoms with Crippen LogP contribution in [0.25, 0.3) is 0 Å². The quantitative estimate of drug-likeness (QED) is 0.702. The van der Waals surface area contributed by atoms with Gasteiger partial charge < -0.3 is 11.5 Å². The Bertz CT molecular complexity index is 275. The number of nitrogens with two attached hydrogens (primary N) is 2. The lowest BCUT2D eigenvalue weighted by molar-refractivity contribution is 0.149. The Morgan fingerprint density at radius 3 is 2.67 bits per heavy atom. The Morgan fingerprint density at radius 1 is 1.42 bits per heavy atom. The Labute approximate surface area is 68.4 Å². The van der Waals surface area contributed by atoms with E-state index in [9.17, 15) is 8.78 Å². The van der Waals surface area contributed by atoms with Crippen LogP contribution in [0.3, 0.4) is 0 Å². The molecule has 0 saturated carbocycles. The zero-order valence-electron chi connectivity index (χ0n) is 6.30. The molecule has 0 spiro atoms. The minimum Gasteiger partial charge on any atom is -0.396 e. The summed E-state index contributed by atoms with van der Waals surface area (Å²) >= 11 is 0. The molecule has 1 aromatic heterocycles. The third-order valence-corrected chi connectivity index (χ3v) is 1.49. The lowest BCUT2D eigenvalue weighted by atomic mass is 10.1. The maximum atomic E-state index is 11.9. The molecule has 0 aliphatic heterocycles. The molecule has 0 unspecified atom stereocenters. The van der Waals surface area contributed by atoms with E-state index in [-0.39, 0.29) is 17.9 Å². The van der Waals surface area contributed by atoms with Crippen molar-refractivity contribution in [1.82, 2.24) is 4.98 Å². The van der Waals surface area contributed by atoms with Gasteiger partial charge in [0.25, 0.3) is 0 Å². The summed E-state index contributed by atoms with van der Waals surface area (Å²) in [5.41, 5.74) is 11.2. The van der Waals surface area contributed by atoms with Crippen molar-refractivity contribution in [2.45, 2.75) is 12.8 Å². The number of halogens is 2. The lowest BCUT2D eigenvalue weighted by Crippen LogP contribution is -2.05. The van der Waals surface area contributed by atoms with Crippen molar-refractivity contribution in [2.24, 2.45) is 0 Å². The summed E-state index contributed by atoms with van der Waals surface area (Å²) in [5, 5.41) is 0. The van der Waals surface area contributed by atoms with E-state index < -0.39 is 6.43 Å². The first-order valence-corrected chi connectivity index (χ1v) is 3.38. The molecule has 1 rings (SSSR count). The molecule has 0 aliphatic carbocycles. The monoisotopic (exact) mass is 173 g/mol.